The maximum Gasteiger partial charge on any atom is 0.0925 e. The number of rotatable bonds is 5. The van der Waals surface area contributed by atoms with Gasteiger partial charge in [-0.25, -0.2) is 4.98 Å². The number of thioether (sulfide) groups is 1. The Morgan fingerprint density at radius 3 is 3.00 bits per heavy atom. The molecule has 0 radical (unpaired) electrons. The lowest BCUT2D eigenvalue weighted by molar-refractivity contribution is 0.281. The first-order chi connectivity index (χ1) is 8.31. The van der Waals surface area contributed by atoms with E-state index in [2.05, 4.69) is 23.4 Å². The molecule has 4 heteroatoms. The summed E-state index contributed by atoms with van der Waals surface area (Å²) < 4.78 is 0. The molecule has 17 heavy (non-hydrogen) atoms. The molecule has 0 aliphatic carbocycles. The second kappa shape index (κ2) is 6.19. The van der Waals surface area contributed by atoms with Crippen LogP contribution in [0.1, 0.15) is 23.2 Å². The van der Waals surface area contributed by atoms with Gasteiger partial charge in [0.15, 0.2) is 0 Å². The van der Waals surface area contributed by atoms with Gasteiger partial charge in [0, 0.05) is 16.0 Å². The molecule has 1 N–H and O–H groups in total. The predicted molar refractivity (Wildman–Crippen MR) is 73.4 cm³/mol. The molecule has 90 valence electrons. The van der Waals surface area contributed by atoms with Crippen LogP contribution in [0.25, 0.3) is 0 Å². The zero-order valence-electron chi connectivity index (χ0n) is 9.72. The first-order valence-electron chi connectivity index (χ1n) is 5.57. The molecule has 1 aromatic carbocycles. The Bertz CT molecular complexity index is 482. The van der Waals surface area contributed by atoms with E-state index in [1.807, 2.05) is 18.2 Å². The predicted octanol–water partition coefficient (Wildman–Crippen LogP) is 3.49. The molecule has 1 aromatic heterocycles. The first kappa shape index (κ1) is 12.6. The van der Waals surface area contributed by atoms with Crippen molar-refractivity contribution in [2.75, 3.05) is 0 Å². The summed E-state index contributed by atoms with van der Waals surface area (Å²) in [6.45, 7) is 2.23. The number of hydrogen-bond donors (Lipinski definition) is 1. The van der Waals surface area contributed by atoms with E-state index in [0.29, 0.717) is 0 Å². The van der Waals surface area contributed by atoms with Crippen molar-refractivity contribution >= 4 is 23.1 Å². The highest BCUT2D eigenvalue weighted by molar-refractivity contribution is 7.98. The van der Waals surface area contributed by atoms with E-state index in [9.17, 15) is 0 Å². The van der Waals surface area contributed by atoms with Crippen LogP contribution in [0.3, 0.4) is 0 Å². The fourth-order valence-electron chi connectivity index (χ4n) is 1.47. The Hall–Kier alpha value is -0.840. The molecule has 0 atom stereocenters. The number of nitrogens with zero attached hydrogens (tertiary/aromatic N) is 1. The minimum absolute atomic E-state index is 0.102. The maximum atomic E-state index is 9.06. The fourth-order valence-corrected chi connectivity index (χ4v) is 3.19. The highest BCUT2D eigenvalue weighted by Crippen LogP contribution is 2.24. The Morgan fingerprint density at radius 2 is 2.29 bits per heavy atom. The van der Waals surface area contributed by atoms with Crippen LogP contribution in [0.2, 0.25) is 0 Å². The second-order valence-corrected chi connectivity index (χ2v) is 5.67. The zero-order valence-corrected chi connectivity index (χ0v) is 11.4. The van der Waals surface area contributed by atoms with E-state index in [1.54, 1.807) is 23.1 Å². The minimum Gasteiger partial charge on any atom is -0.392 e. The summed E-state index contributed by atoms with van der Waals surface area (Å²) in [5.74, 6) is 0.894. The fraction of sp³-hybridized carbons (Fsp3) is 0.308. The molecule has 1 heterocycles. The van der Waals surface area contributed by atoms with Gasteiger partial charge in [0.05, 0.1) is 17.3 Å². The lowest BCUT2D eigenvalue weighted by atomic mass is 10.2. The number of hydrogen-bond acceptors (Lipinski definition) is 4. The van der Waals surface area contributed by atoms with E-state index in [1.165, 1.54) is 9.90 Å². The summed E-state index contributed by atoms with van der Waals surface area (Å²) in [6.07, 6.45) is 1.01. The van der Waals surface area contributed by atoms with Gasteiger partial charge in [-0.1, -0.05) is 19.1 Å². The van der Waals surface area contributed by atoms with Gasteiger partial charge in [0.2, 0.25) is 0 Å². The van der Waals surface area contributed by atoms with Crippen molar-refractivity contribution < 1.29 is 5.11 Å². The first-order valence-corrected chi connectivity index (χ1v) is 7.44. The Morgan fingerprint density at radius 1 is 1.41 bits per heavy atom. The molecule has 0 unspecified atom stereocenters. The number of benzene rings is 1. The summed E-state index contributed by atoms with van der Waals surface area (Å²) in [4.78, 5) is 5.72. The number of thiazole rings is 1. The molecular formula is C13H15NOS2. The van der Waals surface area contributed by atoms with E-state index in [4.69, 9.17) is 5.11 Å². The lowest BCUT2D eigenvalue weighted by Gasteiger charge is -2.01. The lowest BCUT2D eigenvalue weighted by Crippen LogP contribution is -1.85. The Labute approximate surface area is 110 Å². The van der Waals surface area contributed by atoms with Crippen molar-refractivity contribution in [1.29, 1.82) is 0 Å². The van der Waals surface area contributed by atoms with Gasteiger partial charge in [-0.3, -0.25) is 0 Å². The molecule has 2 nitrogen and oxygen atoms in total. The molecule has 0 saturated carbocycles. The van der Waals surface area contributed by atoms with Crippen LogP contribution >= 0.6 is 23.1 Å². The van der Waals surface area contributed by atoms with Crippen molar-refractivity contribution in [2.24, 2.45) is 0 Å². The number of aliphatic hydroxyl groups excluding tert-OH is 1. The average Bonchev–Trinajstić information content (AvgIpc) is 2.84. The van der Waals surface area contributed by atoms with Gasteiger partial charge >= 0.3 is 0 Å². The summed E-state index contributed by atoms with van der Waals surface area (Å²) in [5, 5.41) is 12.4. The summed E-state index contributed by atoms with van der Waals surface area (Å²) >= 11 is 3.49. The van der Waals surface area contributed by atoms with Crippen LogP contribution in [0.5, 0.6) is 0 Å². The van der Waals surface area contributed by atoms with Gasteiger partial charge in [-0.05, 0) is 24.1 Å². The Kier molecular flexibility index (Phi) is 4.59. The van der Waals surface area contributed by atoms with Crippen LogP contribution in [0, 0.1) is 0 Å². The molecular weight excluding hydrogens is 250 g/mol. The van der Waals surface area contributed by atoms with Crippen molar-refractivity contribution in [2.45, 2.75) is 30.6 Å². The summed E-state index contributed by atoms with van der Waals surface area (Å²) in [7, 11) is 0. The van der Waals surface area contributed by atoms with Crippen LogP contribution in [0.4, 0.5) is 0 Å². The van der Waals surface area contributed by atoms with Crippen LogP contribution in [-0.4, -0.2) is 10.1 Å². The molecule has 0 saturated heterocycles. The molecule has 0 amide bonds. The molecule has 2 aromatic rings. The van der Waals surface area contributed by atoms with Crippen molar-refractivity contribution in [3.63, 3.8) is 0 Å². The maximum absolute atomic E-state index is 9.06. The molecule has 0 aliphatic rings. The Balaban J connectivity index is 1.96. The van der Waals surface area contributed by atoms with E-state index in [0.717, 1.165) is 23.4 Å². The summed E-state index contributed by atoms with van der Waals surface area (Å²) in [6, 6.07) is 8.00. The second-order valence-electron chi connectivity index (χ2n) is 3.68. The van der Waals surface area contributed by atoms with Gasteiger partial charge < -0.3 is 5.11 Å². The van der Waals surface area contributed by atoms with Gasteiger partial charge in [0.1, 0.15) is 0 Å². The third kappa shape index (κ3) is 3.56. The smallest absolute Gasteiger partial charge is 0.0925 e. The molecule has 0 aliphatic heterocycles. The van der Waals surface area contributed by atoms with E-state index < -0.39 is 0 Å². The molecule has 0 spiro atoms. The third-order valence-electron chi connectivity index (χ3n) is 2.37. The highest BCUT2D eigenvalue weighted by Gasteiger charge is 2.02. The van der Waals surface area contributed by atoms with Crippen molar-refractivity contribution in [3.8, 4) is 0 Å². The van der Waals surface area contributed by atoms with Crippen LogP contribution in [-0.2, 0) is 18.8 Å². The quantitative estimate of drug-likeness (QED) is 0.840. The topological polar surface area (TPSA) is 33.1 Å². The number of aromatic nitrogens is 1. The van der Waals surface area contributed by atoms with Crippen molar-refractivity contribution in [1.82, 2.24) is 4.98 Å². The third-order valence-corrected chi connectivity index (χ3v) is 4.44. The monoisotopic (exact) mass is 265 g/mol. The van der Waals surface area contributed by atoms with Crippen LogP contribution in [0.15, 0.2) is 34.5 Å². The minimum atomic E-state index is 0.102. The molecule has 2 rings (SSSR count). The SMILES string of the molecule is CCc1nc(CSc2cccc(CO)c2)cs1. The van der Waals surface area contributed by atoms with Crippen LogP contribution < -0.4 is 0 Å². The largest absolute Gasteiger partial charge is 0.392 e. The standard InChI is InChI=1S/C13H15NOS2/c1-2-13-14-11(9-17-13)8-16-12-5-3-4-10(6-12)7-15/h3-6,9,15H,2,7-8H2,1H3. The number of aryl methyl sites for hydroxylation is 1. The van der Waals surface area contributed by atoms with Gasteiger partial charge in [0.25, 0.3) is 0 Å². The summed E-state index contributed by atoms with van der Waals surface area (Å²) in [5.41, 5.74) is 2.11. The number of aliphatic hydroxyl groups is 1. The zero-order chi connectivity index (χ0) is 12.1. The van der Waals surface area contributed by atoms with E-state index >= 15 is 0 Å². The highest BCUT2D eigenvalue weighted by atomic mass is 32.2. The van der Waals surface area contributed by atoms with Gasteiger partial charge in [-0.15, -0.1) is 23.1 Å². The van der Waals surface area contributed by atoms with Gasteiger partial charge in [-0.2, -0.15) is 0 Å². The normalized spacial score (nSPS) is 10.7. The van der Waals surface area contributed by atoms with E-state index in [-0.39, 0.29) is 6.61 Å². The molecule has 0 bridgehead atoms. The molecule has 0 fully saturated rings. The van der Waals surface area contributed by atoms with Crippen molar-refractivity contribution in [3.05, 3.63) is 45.9 Å². The average molecular weight is 265 g/mol.